The van der Waals surface area contributed by atoms with Crippen LogP contribution in [-0.4, -0.2) is 29.6 Å². The van der Waals surface area contributed by atoms with Crippen LogP contribution in [0.3, 0.4) is 0 Å². The second-order valence-electron chi connectivity index (χ2n) is 10.4. The lowest BCUT2D eigenvalue weighted by molar-refractivity contribution is -0.183. The Bertz CT molecular complexity index is 1010. The molecule has 4 rings (SSSR count). The number of fused-ring (bicyclic) bond motifs is 2. The van der Waals surface area contributed by atoms with Crippen molar-refractivity contribution >= 4 is 11.9 Å². The number of alkyl halides is 2. The Morgan fingerprint density at radius 1 is 0.944 bits per heavy atom. The lowest BCUT2D eigenvalue weighted by Crippen LogP contribution is -2.38. The summed E-state index contributed by atoms with van der Waals surface area (Å²) < 4.78 is 39.7. The molecule has 0 spiro atoms. The number of rotatable bonds is 10. The van der Waals surface area contributed by atoms with E-state index in [4.69, 9.17) is 14.6 Å². The highest BCUT2D eigenvalue weighted by atomic mass is 19.3. The first kappa shape index (κ1) is 26.1. The Morgan fingerprint density at radius 3 is 2.14 bits per heavy atom. The molecule has 0 amide bonds. The second-order valence-corrected chi connectivity index (χ2v) is 10.4. The zero-order valence-electron chi connectivity index (χ0n) is 20.6. The Balaban J connectivity index is 1.34. The number of hydrogen-bond donors (Lipinski definition) is 1. The third-order valence-corrected chi connectivity index (χ3v) is 7.55. The molecule has 36 heavy (non-hydrogen) atoms. The maximum absolute atomic E-state index is 14.4. The van der Waals surface area contributed by atoms with Crippen LogP contribution in [0.2, 0.25) is 0 Å². The molecule has 1 N–H and O–H groups in total. The van der Waals surface area contributed by atoms with Crippen LogP contribution in [0.25, 0.3) is 0 Å². The van der Waals surface area contributed by atoms with Crippen molar-refractivity contribution in [2.24, 2.45) is 23.7 Å². The Kier molecular flexibility index (Phi) is 8.27. The average Bonchev–Trinajstić information content (AvgIpc) is 2.86. The molecule has 2 bridgehead atoms. The van der Waals surface area contributed by atoms with Gasteiger partial charge in [0.15, 0.2) is 0 Å². The fourth-order valence-corrected chi connectivity index (χ4v) is 6.07. The first-order valence-electron chi connectivity index (χ1n) is 12.9. The summed E-state index contributed by atoms with van der Waals surface area (Å²) in [4.78, 5) is 23.8. The molecule has 3 unspecified atom stereocenters. The van der Waals surface area contributed by atoms with Crippen LogP contribution < -0.4 is 4.74 Å². The molecule has 2 aromatic rings. The van der Waals surface area contributed by atoms with Gasteiger partial charge >= 0.3 is 17.9 Å². The minimum Gasteiger partial charge on any atom is -0.493 e. The van der Waals surface area contributed by atoms with Crippen LogP contribution in [0, 0.1) is 23.7 Å². The molecule has 0 aliphatic heterocycles. The maximum Gasteiger partial charge on any atom is 0.382 e. The summed E-state index contributed by atoms with van der Waals surface area (Å²) >= 11 is 0. The van der Waals surface area contributed by atoms with Gasteiger partial charge in [-0.15, -0.1) is 0 Å². The lowest BCUT2D eigenvalue weighted by atomic mass is 9.64. The number of esters is 1. The van der Waals surface area contributed by atoms with Gasteiger partial charge in [-0.3, -0.25) is 0 Å². The van der Waals surface area contributed by atoms with Crippen LogP contribution >= 0.6 is 0 Å². The van der Waals surface area contributed by atoms with Gasteiger partial charge in [0, 0.05) is 0 Å². The monoisotopic (exact) mass is 500 g/mol. The number of carbonyl (C=O) groups is 2. The Morgan fingerprint density at radius 2 is 1.56 bits per heavy atom. The topological polar surface area (TPSA) is 72.8 Å². The van der Waals surface area contributed by atoms with E-state index in [-0.39, 0.29) is 11.1 Å². The minimum atomic E-state index is -4.28. The van der Waals surface area contributed by atoms with Crippen molar-refractivity contribution < 1.29 is 33.0 Å². The molecule has 2 aliphatic rings. The van der Waals surface area contributed by atoms with Crippen molar-refractivity contribution in [3.8, 4) is 5.75 Å². The number of hydrogen-bond acceptors (Lipinski definition) is 4. The largest absolute Gasteiger partial charge is 0.493 e. The summed E-state index contributed by atoms with van der Waals surface area (Å²) in [6.45, 7) is 2.88. The van der Waals surface area contributed by atoms with Crippen molar-refractivity contribution in [2.75, 3.05) is 6.61 Å². The number of carbonyl (C=O) groups excluding carboxylic acids is 1. The van der Waals surface area contributed by atoms with E-state index in [9.17, 15) is 18.4 Å². The van der Waals surface area contributed by atoms with Crippen molar-refractivity contribution in [1.82, 2.24) is 0 Å². The molecule has 2 saturated carbocycles. The smallest absolute Gasteiger partial charge is 0.382 e. The molecular weight excluding hydrogens is 466 g/mol. The van der Waals surface area contributed by atoms with Crippen LogP contribution in [-0.2, 0) is 9.53 Å². The molecular formula is C29H34F2O5. The molecule has 2 aliphatic carbocycles. The molecule has 2 aromatic carbocycles. The number of carboxylic acid groups (broad SMARTS) is 1. The van der Waals surface area contributed by atoms with E-state index < -0.39 is 24.0 Å². The summed E-state index contributed by atoms with van der Waals surface area (Å²) in [6.07, 6.45) is 6.75. The third-order valence-electron chi connectivity index (χ3n) is 7.55. The van der Waals surface area contributed by atoms with E-state index in [0.717, 1.165) is 17.8 Å². The standard InChI is InChI=1S/C29H34F2O5/c1-2-6-19-13-20-15-21(14-19)17-22(16-20)18-35-25-11-9-24(10-12-25)27(32)36-26(29(30,31)28(33)34)23-7-4-3-5-8-23/h3-5,7-12,19-22,26H,2,6,13-18H2,1H3,(H,33,34). The second kappa shape index (κ2) is 11.4. The summed E-state index contributed by atoms with van der Waals surface area (Å²) in [7, 11) is 0. The summed E-state index contributed by atoms with van der Waals surface area (Å²) in [5.41, 5.74) is -0.0601. The van der Waals surface area contributed by atoms with Gasteiger partial charge < -0.3 is 14.6 Å². The third kappa shape index (κ3) is 6.23. The van der Waals surface area contributed by atoms with E-state index in [2.05, 4.69) is 6.92 Å². The molecule has 3 atom stereocenters. The van der Waals surface area contributed by atoms with Gasteiger partial charge in [-0.1, -0.05) is 50.1 Å². The molecule has 194 valence electrons. The maximum atomic E-state index is 14.4. The van der Waals surface area contributed by atoms with Crippen LogP contribution in [0.1, 0.15) is 73.9 Å². The number of carboxylic acids is 1. The zero-order valence-corrected chi connectivity index (χ0v) is 20.6. The van der Waals surface area contributed by atoms with Gasteiger partial charge in [0.05, 0.1) is 12.2 Å². The van der Waals surface area contributed by atoms with Crippen molar-refractivity contribution in [3.05, 3.63) is 65.7 Å². The summed E-state index contributed by atoms with van der Waals surface area (Å²) in [6, 6.07) is 13.3. The Hall–Kier alpha value is -2.96. The molecule has 0 aromatic heterocycles. The molecule has 2 fully saturated rings. The first-order valence-corrected chi connectivity index (χ1v) is 12.9. The van der Waals surface area contributed by atoms with Crippen LogP contribution in [0.4, 0.5) is 8.78 Å². The molecule has 0 radical (unpaired) electrons. The first-order chi connectivity index (χ1) is 17.3. The number of ether oxygens (including phenoxy) is 2. The fraction of sp³-hybridized carbons (Fsp3) is 0.517. The minimum absolute atomic E-state index is 0.0404. The van der Waals surface area contributed by atoms with Gasteiger partial charge in [0.2, 0.25) is 6.10 Å². The van der Waals surface area contributed by atoms with Crippen LogP contribution in [0.15, 0.2) is 54.6 Å². The highest BCUT2D eigenvalue weighted by molar-refractivity contribution is 5.90. The lowest BCUT2D eigenvalue weighted by Gasteiger charge is -2.42. The van der Waals surface area contributed by atoms with Crippen LogP contribution in [0.5, 0.6) is 5.75 Å². The highest BCUT2D eigenvalue weighted by Crippen LogP contribution is 2.46. The van der Waals surface area contributed by atoms with Crippen molar-refractivity contribution in [3.63, 3.8) is 0 Å². The van der Waals surface area contributed by atoms with Crippen molar-refractivity contribution in [2.45, 2.75) is 63.9 Å². The van der Waals surface area contributed by atoms with Gasteiger partial charge in [0.1, 0.15) is 5.75 Å². The predicted octanol–water partition coefficient (Wildman–Crippen LogP) is 6.93. The van der Waals surface area contributed by atoms with Crippen molar-refractivity contribution in [1.29, 1.82) is 0 Å². The number of halogens is 2. The summed E-state index contributed by atoms with van der Waals surface area (Å²) in [5.74, 6) is -4.09. The normalized spacial score (nSPS) is 24.5. The molecule has 5 nitrogen and oxygen atoms in total. The predicted molar refractivity (Wildman–Crippen MR) is 131 cm³/mol. The van der Waals surface area contributed by atoms with Gasteiger partial charge in [-0.25, -0.2) is 9.59 Å². The quantitative estimate of drug-likeness (QED) is 0.358. The fourth-order valence-electron chi connectivity index (χ4n) is 6.07. The van der Waals surface area contributed by atoms with E-state index in [1.54, 1.807) is 18.2 Å². The average molecular weight is 501 g/mol. The SMILES string of the molecule is CCCC1CC2CC(COc3ccc(C(=O)OC(c4ccccc4)C(F)(F)C(=O)O)cc3)CC(C1)C2. The zero-order chi connectivity index (χ0) is 25.7. The van der Waals surface area contributed by atoms with Gasteiger partial charge in [-0.2, -0.15) is 8.78 Å². The highest BCUT2D eigenvalue weighted by Gasteiger charge is 2.51. The molecule has 0 heterocycles. The summed E-state index contributed by atoms with van der Waals surface area (Å²) in [5, 5.41) is 8.99. The van der Waals surface area contributed by atoms with Gasteiger partial charge in [-0.05, 0) is 85.6 Å². The van der Waals surface area contributed by atoms with E-state index in [0.29, 0.717) is 18.3 Å². The van der Waals surface area contributed by atoms with Gasteiger partial charge in [0.25, 0.3) is 0 Å². The van der Waals surface area contributed by atoms with E-state index >= 15 is 0 Å². The molecule has 7 heteroatoms. The Labute approximate surface area is 210 Å². The van der Waals surface area contributed by atoms with E-state index in [1.807, 2.05) is 0 Å². The molecule has 0 saturated heterocycles. The number of benzene rings is 2. The number of aliphatic carboxylic acids is 1. The van der Waals surface area contributed by atoms with E-state index in [1.165, 1.54) is 81.3 Å².